The molecule has 0 aliphatic carbocycles. The van der Waals surface area contributed by atoms with Crippen LogP contribution in [0.3, 0.4) is 0 Å². The van der Waals surface area contributed by atoms with E-state index in [2.05, 4.69) is 187 Å². The second-order valence-corrected chi connectivity index (χ2v) is 14.0. The molecule has 4 nitrogen and oxygen atoms in total. The number of pyridine rings is 1. The summed E-state index contributed by atoms with van der Waals surface area (Å²) in [6, 6.07) is 68.3. The van der Waals surface area contributed by atoms with Crippen LogP contribution in [0.4, 0.5) is 0 Å². The van der Waals surface area contributed by atoms with E-state index in [0.29, 0.717) is 0 Å². The van der Waals surface area contributed by atoms with Gasteiger partial charge in [0.05, 0.1) is 44.7 Å². The van der Waals surface area contributed by atoms with Gasteiger partial charge in [0.15, 0.2) is 0 Å². The summed E-state index contributed by atoms with van der Waals surface area (Å²) >= 11 is 0. The van der Waals surface area contributed by atoms with E-state index in [9.17, 15) is 0 Å². The average Bonchev–Trinajstić information content (AvgIpc) is 3.60. The summed E-state index contributed by atoms with van der Waals surface area (Å²) in [6.07, 6.45) is 0. The van der Waals surface area contributed by atoms with Gasteiger partial charge < -0.3 is 4.57 Å². The Balaban J connectivity index is 1.07. The number of fused-ring (bicyclic) bond motifs is 8. The fraction of sp³-hybridized carbons (Fsp3) is 0. The molecule has 0 bridgehead atoms. The molecule has 3 heterocycles. The van der Waals surface area contributed by atoms with Crippen LogP contribution in [0.15, 0.2) is 194 Å². The van der Waals surface area contributed by atoms with E-state index in [-0.39, 0.29) is 0 Å². The van der Waals surface area contributed by atoms with E-state index < -0.39 is 0 Å². The van der Waals surface area contributed by atoms with Crippen molar-refractivity contribution in [2.45, 2.75) is 0 Å². The molecule has 11 rings (SSSR count). The molecule has 8 aromatic carbocycles. The zero-order valence-corrected chi connectivity index (χ0v) is 29.8. The molecular weight excluding hydrogens is 669 g/mol. The Kier molecular flexibility index (Phi) is 7.14. The second kappa shape index (κ2) is 12.6. The molecule has 256 valence electrons. The Morgan fingerprint density at radius 2 is 0.855 bits per heavy atom. The first-order valence-corrected chi connectivity index (χ1v) is 18.6. The van der Waals surface area contributed by atoms with Crippen molar-refractivity contribution in [3.05, 3.63) is 194 Å². The third kappa shape index (κ3) is 5.11. The molecule has 0 saturated carbocycles. The minimum absolute atomic E-state index is 0.852. The Hall–Kier alpha value is -7.43. The number of hydrogen-bond acceptors (Lipinski definition) is 3. The Labute approximate surface area is 317 Å². The topological polar surface area (TPSA) is 43.6 Å². The van der Waals surface area contributed by atoms with Crippen LogP contribution in [0.5, 0.6) is 0 Å². The van der Waals surface area contributed by atoms with Crippen molar-refractivity contribution in [1.29, 1.82) is 0 Å². The molecule has 55 heavy (non-hydrogen) atoms. The van der Waals surface area contributed by atoms with E-state index in [1.807, 2.05) is 12.1 Å². The van der Waals surface area contributed by atoms with Crippen LogP contribution < -0.4 is 0 Å². The summed E-state index contributed by atoms with van der Waals surface area (Å²) in [5.74, 6) is 0. The number of nitrogens with zero attached hydrogens (tertiary/aromatic N) is 4. The predicted octanol–water partition coefficient (Wildman–Crippen LogP) is 13.1. The fourth-order valence-corrected chi connectivity index (χ4v) is 8.22. The number of hydrogen-bond donors (Lipinski definition) is 0. The summed E-state index contributed by atoms with van der Waals surface area (Å²) < 4.78 is 2.36. The van der Waals surface area contributed by atoms with Crippen LogP contribution in [0.2, 0.25) is 0 Å². The predicted molar refractivity (Wildman–Crippen MR) is 228 cm³/mol. The highest BCUT2D eigenvalue weighted by Crippen LogP contribution is 2.40. The SMILES string of the molecule is c1ccc(-c2nc3ccc4c(-c5cccc(-c6ccc(-n7c8ccccc8c8ccccc87)cc6)c5)nc5ccccc5c4c3nc2-c2ccccc2)cc1. The van der Waals surface area contributed by atoms with Gasteiger partial charge >= 0.3 is 0 Å². The minimum Gasteiger partial charge on any atom is -0.309 e. The largest absolute Gasteiger partial charge is 0.309 e. The lowest BCUT2D eigenvalue weighted by Gasteiger charge is -2.15. The average molecular weight is 701 g/mol. The van der Waals surface area contributed by atoms with Gasteiger partial charge in [0.25, 0.3) is 0 Å². The van der Waals surface area contributed by atoms with Crippen molar-refractivity contribution in [2.24, 2.45) is 0 Å². The van der Waals surface area contributed by atoms with Gasteiger partial charge in [-0.3, -0.25) is 0 Å². The molecule has 0 saturated heterocycles. The summed E-state index contributed by atoms with van der Waals surface area (Å²) in [5, 5.41) is 5.69. The molecule has 0 atom stereocenters. The standard InChI is InChI=1S/C51H32N4/c1-3-14-34(15-4-1)49-50(35-16-5-2-6-17-35)54-51-44(53-49)31-30-42-47(51)41-22-7-10-23-43(41)52-48(42)37-19-13-18-36(32-37)33-26-28-38(29-27-33)55-45-24-11-8-20-39(45)40-21-9-12-25-46(40)55/h1-32H. The lowest BCUT2D eigenvalue weighted by atomic mass is 9.96. The summed E-state index contributed by atoms with van der Waals surface area (Å²) in [7, 11) is 0. The summed E-state index contributed by atoms with van der Waals surface area (Å²) in [4.78, 5) is 16.1. The Morgan fingerprint density at radius 1 is 0.309 bits per heavy atom. The van der Waals surface area contributed by atoms with Gasteiger partial charge in [-0.15, -0.1) is 0 Å². The molecule has 0 aliphatic heterocycles. The first-order chi connectivity index (χ1) is 27.3. The number of benzene rings is 8. The van der Waals surface area contributed by atoms with Crippen molar-refractivity contribution < 1.29 is 0 Å². The summed E-state index contributed by atoms with van der Waals surface area (Å²) in [5.41, 5.74) is 14.3. The molecule has 0 fully saturated rings. The molecular formula is C51H32N4. The van der Waals surface area contributed by atoms with Gasteiger partial charge in [-0.1, -0.05) is 146 Å². The fourth-order valence-electron chi connectivity index (χ4n) is 8.22. The lowest BCUT2D eigenvalue weighted by Crippen LogP contribution is -1.98. The minimum atomic E-state index is 0.852. The molecule has 3 aromatic heterocycles. The van der Waals surface area contributed by atoms with E-state index in [1.54, 1.807) is 0 Å². The van der Waals surface area contributed by atoms with Crippen LogP contribution in [-0.4, -0.2) is 19.5 Å². The first kappa shape index (κ1) is 31.1. The number of aromatic nitrogens is 4. The Morgan fingerprint density at radius 3 is 1.55 bits per heavy atom. The monoisotopic (exact) mass is 700 g/mol. The molecule has 11 aromatic rings. The molecule has 0 N–H and O–H groups in total. The third-order valence-electron chi connectivity index (χ3n) is 10.8. The number of para-hydroxylation sites is 3. The molecule has 0 unspecified atom stereocenters. The number of rotatable bonds is 5. The zero-order chi connectivity index (χ0) is 36.3. The highest BCUT2D eigenvalue weighted by atomic mass is 15.0. The maximum atomic E-state index is 5.47. The van der Waals surface area contributed by atoms with Gasteiger partial charge in [0, 0.05) is 49.3 Å². The Bertz CT molecular complexity index is 3190. The van der Waals surface area contributed by atoms with Crippen LogP contribution in [0.25, 0.3) is 105 Å². The van der Waals surface area contributed by atoms with Crippen LogP contribution in [0, 0.1) is 0 Å². The van der Waals surface area contributed by atoms with E-state index >= 15 is 0 Å². The van der Waals surface area contributed by atoms with Gasteiger partial charge in [-0.2, -0.15) is 0 Å². The molecule has 0 spiro atoms. The lowest BCUT2D eigenvalue weighted by molar-refractivity contribution is 1.18. The van der Waals surface area contributed by atoms with Crippen LogP contribution in [0.1, 0.15) is 0 Å². The van der Waals surface area contributed by atoms with Crippen LogP contribution in [-0.2, 0) is 0 Å². The molecule has 0 aliphatic rings. The van der Waals surface area contributed by atoms with E-state index in [0.717, 1.165) is 83.3 Å². The quantitative estimate of drug-likeness (QED) is 0.168. The van der Waals surface area contributed by atoms with Crippen molar-refractivity contribution in [3.63, 3.8) is 0 Å². The first-order valence-electron chi connectivity index (χ1n) is 18.6. The highest BCUT2D eigenvalue weighted by molar-refractivity contribution is 6.21. The maximum absolute atomic E-state index is 5.47. The molecule has 0 amide bonds. The van der Waals surface area contributed by atoms with E-state index in [4.69, 9.17) is 15.0 Å². The van der Waals surface area contributed by atoms with Crippen molar-refractivity contribution in [1.82, 2.24) is 19.5 Å². The van der Waals surface area contributed by atoms with Crippen LogP contribution >= 0.6 is 0 Å². The van der Waals surface area contributed by atoms with Gasteiger partial charge in [0.2, 0.25) is 0 Å². The second-order valence-electron chi connectivity index (χ2n) is 14.0. The smallest absolute Gasteiger partial charge is 0.0980 e. The van der Waals surface area contributed by atoms with Gasteiger partial charge in [-0.25, -0.2) is 15.0 Å². The normalized spacial score (nSPS) is 11.6. The van der Waals surface area contributed by atoms with Gasteiger partial charge in [-0.05, 0) is 59.7 Å². The van der Waals surface area contributed by atoms with Gasteiger partial charge in [0.1, 0.15) is 0 Å². The zero-order valence-electron chi connectivity index (χ0n) is 29.8. The van der Waals surface area contributed by atoms with Crippen molar-refractivity contribution >= 4 is 54.5 Å². The third-order valence-corrected chi connectivity index (χ3v) is 10.8. The molecule has 0 radical (unpaired) electrons. The molecule has 4 heteroatoms. The van der Waals surface area contributed by atoms with E-state index in [1.165, 1.54) is 21.8 Å². The summed E-state index contributed by atoms with van der Waals surface area (Å²) in [6.45, 7) is 0. The van der Waals surface area contributed by atoms with Crippen molar-refractivity contribution in [2.75, 3.05) is 0 Å². The highest BCUT2D eigenvalue weighted by Gasteiger charge is 2.19. The van der Waals surface area contributed by atoms with Crippen molar-refractivity contribution in [3.8, 4) is 50.6 Å². The maximum Gasteiger partial charge on any atom is 0.0980 e.